The highest BCUT2D eigenvalue weighted by Gasteiger charge is 2.08. The Kier molecular flexibility index (Phi) is 3.19. The minimum atomic E-state index is -0.618. The average Bonchev–Trinajstić information content (AvgIpc) is 2.85. The van der Waals surface area contributed by atoms with Crippen molar-refractivity contribution in [3.8, 4) is 0 Å². The average molecular weight is 296 g/mol. The summed E-state index contributed by atoms with van der Waals surface area (Å²) in [5.41, 5.74) is 0.326. The van der Waals surface area contributed by atoms with E-state index in [1.165, 1.54) is 23.0 Å². The third kappa shape index (κ3) is 2.39. The summed E-state index contributed by atoms with van der Waals surface area (Å²) in [5, 5.41) is 7.18. The molecule has 2 heterocycles. The van der Waals surface area contributed by atoms with Gasteiger partial charge < -0.3 is 5.32 Å². The zero-order valence-electron chi connectivity index (χ0n) is 10.0. The molecular formula is C12H8ClF2N5. The molecule has 0 aliphatic heterocycles. The van der Waals surface area contributed by atoms with E-state index in [9.17, 15) is 8.78 Å². The Morgan fingerprint density at radius 1 is 1.25 bits per heavy atom. The van der Waals surface area contributed by atoms with E-state index in [4.69, 9.17) is 11.6 Å². The standard InChI is InChI=1S/C12H8ClF2N5/c13-10-4-11(20-12(19-10)17-6-18-20)16-5-7-1-2-8(14)3-9(7)15/h1-4,6,16H,5H2. The first-order valence-corrected chi connectivity index (χ1v) is 6.05. The van der Waals surface area contributed by atoms with Crippen LogP contribution >= 0.6 is 11.6 Å². The second-order valence-corrected chi connectivity index (χ2v) is 4.41. The molecule has 0 fully saturated rings. The van der Waals surface area contributed by atoms with Gasteiger partial charge in [0.05, 0.1) is 0 Å². The van der Waals surface area contributed by atoms with Gasteiger partial charge in [0.1, 0.15) is 28.9 Å². The van der Waals surface area contributed by atoms with Gasteiger partial charge in [-0.1, -0.05) is 17.7 Å². The van der Waals surface area contributed by atoms with Crippen molar-refractivity contribution in [3.63, 3.8) is 0 Å². The van der Waals surface area contributed by atoms with Gasteiger partial charge in [0, 0.05) is 24.2 Å². The molecule has 0 spiro atoms. The van der Waals surface area contributed by atoms with Crippen LogP contribution in [0.15, 0.2) is 30.6 Å². The molecule has 3 rings (SSSR count). The molecule has 0 bridgehead atoms. The molecule has 0 aliphatic carbocycles. The number of nitrogens with one attached hydrogen (secondary N) is 1. The van der Waals surface area contributed by atoms with Crippen LogP contribution in [0.1, 0.15) is 5.56 Å². The first-order chi connectivity index (χ1) is 9.63. The molecule has 2 aromatic heterocycles. The molecule has 3 aromatic rings. The van der Waals surface area contributed by atoms with Crippen LogP contribution in [0.4, 0.5) is 14.6 Å². The van der Waals surface area contributed by atoms with Crippen LogP contribution in [0.5, 0.6) is 0 Å². The second-order valence-electron chi connectivity index (χ2n) is 4.03. The Morgan fingerprint density at radius 2 is 2.10 bits per heavy atom. The number of hydrogen-bond donors (Lipinski definition) is 1. The lowest BCUT2D eigenvalue weighted by molar-refractivity contribution is 0.574. The maximum absolute atomic E-state index is 13.5. The van der Waals surface area contributed by atoms with Crippen molar-refractivity contribution in [1.82, 2.24) is 19.6 Å². The fourth-order valence-electron chi connectivity index (χ4n) is 1.76. The Balaban J connectivity index is 1.88. The van der Waals surface area contributed by atoms with Crippen molar-refractivity contribution >= 4 is 23.2 Å². The van der Waals surface area contributed by atoms with Crippen LogP contribution in [0, 0.1) is 11.6 Å². The molecule has 102 valence electrons. The molecule has 0 aliphatic rings. The molecule has 0 radical (unpaired) electrons. The molecule has 0 unspecified atom stereocenters. The van der Waals surface area contributed by atoms with Gasteiger partial charge in [-0.3, -0.25) is 0 Å². The van der Waals surface area contributed by atoms with Gasteiger partial charge in [0.2, 0.25) is 0 Å². The molecule has 0 saturated heterocycles. The molecule has 0 atom stereocenters. The second kappa shape index (κ2) is 5.01. The summed E-state index contributed by atoms with van der Waals surface area (Å²) in [7, 11) is 0. The molecule has 1 aromatic carbocycles. The maximum Gasteiger partial charge on any atom is 0.255 e. The highest BCUT2D eigenvalue weighted by molar-refractivity contribution is 6.29. The van der Waals surface area contributed by atoms with Crippen molar-refractivity contribution in [3.05, 3.63) is 52.9 Å². The molecule has 0 amide bonds. The summed E-state index contributed by atoms with van der Waals surface area (Å²) in [6.07, 6.45) is 1.34. The van der Waals surface area contributed by atoms with Crippen LogP contribution in [0.2, 0.25) is 5.15 Å². The summed E-state index contributed by atoms with van der Waals surface area (Å²) < 4.78 is 27.8. The molecule has 5 nitrogen and oxygen atoms in total. The largest absolute Gasteiger partial charge is 0.366 e. The Labute approximate surface area is 117 Å². The van der Waals surface area contributed by atoms with Crippen molar-refractivity contribution in [2.75, 3.05) is 5.32 Å². The maximum atomic E-state index is 13.5. The van der Waals surface area contributed by atoms with E-state index in [-0.39, 0.29) is 11.7 Å². The zero-order chi connectivity index (χ0) is 14.1. The zero-order valence-corrected chi connectivity index (χ0v) is 10.8. The molecule has 20 heavy (non-hydrogen) atoms. The number of aromatic nitrogens is 4. The van der Waals surface area contributed by atoms with Crippen LogP contribution in [0.3, 0.4) is 0 Å². The van der Waals surface area contributed by atoms with Crippen LogP contribution in [-0.2, 0) is 6.54 Å². The quantitative estimate of drug-likeness (QED) is 0.755. The van der Waals surface area contributed by atoms with Crippen molar-refractivity contribution in [1.29, 1.82) is 0 Å². The van der Waals surface area contributed by atoms with E-state index in [1.807, 2.05) is 0 Å². The minimum absolute atomic E-state index is 0.154. The van der Waals surface area contributed by atoms with Crippen molar-refractivity contribution in [2.45, 2.75) is 6.54 Å². The number of halogens is 3. The van der Waals surface area contributed by atoms with Gasteiger partial charge in [-0.05, 0) is 6.07 Å². The fraction of sp³-hybridized carbons (Fsp3) is 0.0833. The number of rotatable bonds is 3. The van der Waals surface area contributed by atoms with E-state index < -0.39 is 11.6 Å². The molecule has 8 heteroatoms. The predicted octanol–water partition coefficient (Wildman–Crippen LogP) is 2.67. The van der Waals surface area contributed by atoms with Gasteiger partial charge in [-0.15, -0.1) is 0 Å². The Bertz CT molecular complexity index is 774. The number of benzene rings is 1. The van der Waals surface area contributed by atoms with Gasteiger partial charge in [0.25, 0.3) is 5.78 Å². The number of fused-ring (bicyclic) bond motifs is 1. The van der Waals surface area contributed by atoms with Crippen molar-refractivity contribution < 1.29 is 8.78 Å². The van der Waals surface area contributed by atoms with Gasteiger partial charge in [0.15, 0.2) is 0 Å². The normalized spacial score (nSPS) is 10.9. The van der Waals surface area contributed by atoms with Gasteiger partial charge in [-0.25, -0.2) is 8.78 Å². The monoisotopic (exact) mass is 295 g/mol. The number of nitrogens with zero attached hydrogens (tertiary/aromatic N) is 4. The van der Waals surface area contributed by atoms with E-state index in [0.29, 0.717) is 17.2 Å². The van der Waals surface area contributed by atoms with E-state index in [2.05, 4.69) is 20.4 Å². The summed E-state index contributed by atoms with van der Waals surface area (Å²) in [4.78, 5) is 7.89. The summed E-state index contributed by atoms with van der Waals surface area (Å²) >= 11 is 5.86. The van der Waals surface area contributed by atoms with Crippen LogP contribution < -0.4 is 5.32 Å². The van der Waals surface area contributed by atoms with Crippen LogP contribution in [-0.4, -0.2) is 19.6 Å². The highest BCUT2D eigenvalue weighted by atomic mass is 35.5. The Hall–Kier alpha value is -2.28. The lowest BCUT2D eigenvalue weighted by atomic mass is 10.2. The summed E-state index contributed by atoms with van der Waals surface area (Å²) in [6.45, 7) is 0.154. The highest BCUT2D eigenvalue weighted by Crippen LogP contribution is 2.16. The third-order valence-electron chi connectivity index (χ3n) is 2.70. The van der Waals surface area contributed by atoms with E-state index >= 15 is 0 Å². The summed E-state index contributed by atoms with van der Waals surface area (Å²) in [6, 6.07) is 4.95. The van der Waals surface area contributed by atoms with E-state index in [0.717, 1.165) is 6.07 Å². The van der Waals surface area contributed by atoms with Gasteiger partial charge >= 0.3 is 0 Å². The van der Waals surface area contributed by atoms with Crippen LogP contribution in [0.25, 0.3) is 5.78 Å². The smallest absolute Gasteiger partial charge is 0.255 e. The van der Waals surface area contributed by atoms with E-state index in [1.54, 1.807) is 6.07 Å². The lowest BCUT2D eigenvalue weighted by Crippen LogP contribution is -2.07. The predicted molar refractivity (Wildman–Crippen MR) is 69.5 cm³/mol. The topological polar surface area (TPSA) is 55.1 Å². The number of hydrogen-bond acceptors (Lipinski definition) is 4. The minimum Gasteiger partial charge on any atom is -0.366 e. The summed E-state index contributed by atoms with van der Waals surface area (Å²) in [5.74, 6) is -0.384. The molecular weight excluding hydrogens is 288 g/mol. The lowest BCUT2D eigenvalue weighted by Gasteiger charge is -2.09. The number of anilines is 1. The Morgan fingerprint density at radius 3 is 2.90 bits per heavy atom. The molecule has 0 saturated carbocycles. The van der Waals surface area contributed by atoms with Crippen molar-refractivity contribution in [2.24, 2.45) is 0 Å². The first-order valence-electron chi connectivity index (χ1n) is 5.67. The first kappa shape index (κ1) is 12.7. The fourth-order valence-corrected chi connectivity index (χ4v) is 1.94. The SMILES string of the molecule is Fc1ccc(CNc2cc(Cl)nc3ncnn23)c(F)c1. The van der Waals surface area contributed by atoms with Gasteiger partial charge in [-0.2, -0.15) is 19.6 Å². The molecule has 1 N–H and O–H groups in total. The third-order valence-corrected chi connectivity index (χ3v) is 2.89.